The van der Waals surface area contributed by atoms with Gasteiger partial charge in [0.15, 0.2) is 0 Å². The normalized spacial score (nSPS) is 25.7. The van der Waals surface area contributed by atoms with Crippen molar-refractivity contribution in [2.45, 2.75) is 31.9 Å². The molecule has 1 aromatic rings. The number of aryl methyl sites for hydroxylation is 1. The van der Waals surface area contributed by atoms with Crippen molar-refractivity contribution in [1.82, 2.24) is 5.32 Å². The molecule has 0 saturated carbocycles. The second-order valence-corrected chi connectivity index (χ2v) is 4.34. The van der Waals surface area contributed by atoms with Gasteiger partial charge < -0.3 is 5.32 Å². The minimum Gasteiger partial charge on any atom is -0.313 e. The van der Waals surface area contributed by atoms with Gasteiger partial charge in [0, 0.05) is 6.54 Å². The van der Waals surface area contributed by atoms with Crippen LogP contribution in [-0.2, 0) is 12.1 Å². The monoisotopic (exact) mass is 207 g/mol. The number of hydrogen-bond donors (Lipinski definition) is 1. The number of hydrogen-bond acceptors (Lipinski definition) is 1. The summed E-state index contributed by atoms with van der Waals surface area (Å²) in [6.07, 6.45) is 2.82. The molecule has 82 valence electrons. The number of benzene rings is 1. The minimum atomic E-state index is -1.13. The average molecular weight is 207 g/mol. The van der Waals surface area contributed by atoms with Gasteiger partial charge in [0.2, 0.25) is 0 Å². The van der Waals surface area contributed by atoms with Crippen molar-refractivity contribution in [3.05, 3.63) is 35.4 Å². The molecule has 1 unspecified atom stereocenters. The Kier molecular flexibility index (Phi) is 3.06. The van der Waals surface area contributed by atoms with Gasteiger partial charge in [-0.15, -0.1) is 0 Å². The van der Waals surface area contributed by atoms with Crippen LogP contribution >= 0.6 is 0 Å². The Labute approximate surface area is 90.7 Å². The molecule has 0 spiro atoms. The molecule has 2 rings (SSSR count). The summed E-state index contributed by atoms with van der Waals surface area (Å²) in [6.45, 7) is 3.40. The fourth-order valence-electron chi connectivity index (χ4n) is 2.17. The molecule has 0 aromatic heterocycles. The maximum Gasteiger partial charge on any atom is 0.149 e. The zero-order valence-electron chi connectivity index (χ0n) is 9.22. The highest BCUT2D eigenvalue weighted by atomic mass is 19.1. The summed E-state index contributed by atoms with van der Waals surface area (Å²) >= 11 is 0. The third kappa shape index (κ3) is 2.20. The van der Waals surface area contributed by atoms with Crippen molar-refractivity contribution in [2.75, 3.05) is 13.1 Å². The van der Waals surface area contributed by atoms with E-state index in [-0.39, 0.29) is 0 Å². The molecule has 1 aliphatic heterocycles. The number of rotatable bonds is 3. The zero-order chi connectivity index (χ0) is 10.7. The van der Waals surface area contributed by atoms with E-state index in [1.807, 2.05) is 12.1 Å². The highest BCUT2D eigenvalue weighted by Gasteiger charge is 2.35. The summed E-state index contributed by atoms with van der Waals surface area (Å²) in [4.78, 5) is 0. The third-order valence-corrected chi connectivity index (χ3v) is 3.11. The topological polar surface area (TPSA) is 12.0 Å². The van der Waals surface area contributed by atoms with E-state index in [0.29, 0.717) is 13.0 Å². The summed E-state index contributed by atoms with van der Waals surface area (Å²) < 4.78 is 14.3. The molecule has 2 heteroatoms. The second-order valence-electron chi connectivity index (χ2n) is 4.34. The van der Waals surface area contributed by atoms with E-state index < -0.39 is 5.67 Å². The largest absolute Gasteiger partial charge is 0.313 e. The molecular weight excluding hydrogens is 189 g/mol. The van der Waals surface area contributed by atoms with Crippen molar-refractivity contribution in [3.8, 4) is 0 Å². The molecule has 0 aliphatic carbocycles. The van der Waals surface area contributed by atoms with Crippen molar-refractivity contribution < 1.29 is 4.39 Å². The van der Waals surface area contributed by atoms with Crippen molar-refractivity contribution in [2.24, 2.45) is 0 Å². The second kappa shape index (κ2) is 4.31. The van der Waals surface area contributed by atoms with E-state index >= 15 is 0 Å². The van der Waals surface area contributed by atoms with Gasteiger partial charge in [-0.1, -0.05) is 37.6 Å². The maximum absolute atomic E-state index is 14.3. The predicted molar refractivity (Wildman–Crippen MR) is 60.7 cm³/mol. The summed E-state index contributed by atoms with van der Waals surface area (Å²) in [6, 6.07) is 7.99. The molecular formula is C13H18FN. The Bertz CT molecular complexity index is 312. The van der Waals surface area contributed by atoms with E-state index in [1.165, 1.54) is 5.56 Å². The first-order valence-corrected chi connectivity index (χ1v) is 5.74. The lowest BCUT2D eigenvalue weighted by Gasteiger charge is -2.18. The molecule has 0 bridgehead atoms. The SMILES string of the molecule is CCCc1ccc(C2(F)CCNC2)cc1. The smallest absolute Gasteiger partial charge is 0.149 e. The molecule has 1 atom stereocenters. The summed E-state index contributed by atoms with van der Waals surface area (Å²) in [5, 5.41) is 3.08. The number of alkyl halides is 1. The van der Waals surface area contributed by atoms with Gasteiger partial charge in [0.05, 0.1) is 0 Å². The fraction of sp³-hybridized carbons (Fsp3) is 0.538. The van der Waals surface area contributed by atoms with Crippen LogP contribution in [0.25, 0.3) is 0 Å². The first kappa shape index (κ1) is 10.6. The zero-order valence-corrected chi connectivity index (χ0v) is 9.22. The highest BCUT2D eigenvalue weighted by Crippen LogP contribution is 2.32. The van der Waals surface area contributed by atoms with E-state index in [2.05, 4.69) is 24.4 Å². The average Bonchev–Trinajstić information content (AvgIpc) is 2.68. The van der Waals surface area contributed by atoms with Crippen LogP contribution in [0.15, 0.2) is 24.3 Å². The Morgan fingerprint density at radius 2 is 2.07 bits per heavy atom. The lowest BCUT2D eigenvalue weighted by Crippen LogP contribution is -2.23. The number of halogens is 1. The van der Waals surface area contributed by atoms with Crippen LogP contribution in [0.3, 0.4) is 0 Å². The molecule has 1 heterocycles. The van der Waals surface area contributed by atoms with Gasteiger partial charge in [-0.05, 0) is 30.5 Å². The van der Waals surface area contributed by atoms with E-state index in [0.717, 1.165) is 24.9 Å². The van der Waals surface area contributed by atoms with Gasteiger partial charge in [0.25, 0.3) is 0 Å². The minimum absolute atomic E-state index is 0.458. The molecule has 1 fully saturated rings. The van der Waals surface area contributed by atoms with E-state index in [4.69, 9.17) is 0 Å². The summed E-state index contributed by atoms with van der Waals surface area (Å²) in [5.74, 6) is 0. The predicted octanol–water partition coefficient (Wildman–Crippen LogP) is 2.80. The van der Waals surface area contributed by atoms with Crippen LogP contribution in [0.5, 0.6) is 0 Å². The van der Waals surface area contributed by atoms with Gasteiger partial charge >= 0.3 is 0 Å². The Hall–Kier alpha value is -0.890. The maximum atomic E-state index is 14.3. The van der Waals surface area contributed by atoms with Crippen LogP contribution < -0.4 is 5.32 Å². The molecule has 1 aliphatic rings. The first-order valence-electron chi connectivity index (χ1n) is 5.74. The highest BCUT2D eigenvalue weighted by molar-refractivity contribution is 5.28. The molecule has 1 nitrogen and oxygen atoms in total. The van der Waals surface area contributed by atoms with E-state index in [9.17, 15) is 4.39 Å². The van der Waals surface area contributed by atoms with Crippen molar-refractivity contribution in [1.29, 1.82) is 0 Å². The third-order valence-electron chi connectivity index (χ3n) is 3.11. The quantitative estimate of drug-likeness (QED) is 0.803. The molecule has 1 N–H and O–H groups in total. The lowest BCUT2D eigenvalue weighted by atomic mass is 9.93. The fourth-order valence-corrected chi connectivity index (χ4v) is 2.17. The molecule has 1 aromatic carbocycles. The van der Waals surface area contributed by atoms with Crippen molar-refractivity contribution >= 4 is 0 Å². The van der Waals surface area contributed by atoms with Gasteiger partial charge in [0.1, 0.15) is 5.67 Å². The van der Waals surface area contributed by atoms with Gasteiger partial charge in [-0.2, -0.15) is 0 Å². The first-order chi connectivity index (χ1) is 7.24. The standard InChI is InChI=1S/C13H18FN/c1-2-3-11-4-6-12(7-5-11)13(14)8-9-15-10-13/h4-7,15H,2-3,8-10H2,1H3. The van der Waals surface area contributed by atoms with Crippen LogP contribution in [0.1, 0.15) is 30.9 Å². The molecule has 1 saturated heterocycles. The Morgan fingerprint density at radius 3 is 2.60 bits per heavy atom. The van der Waals surface area contributed by atoms with Crippen LogP contribution in [0.2, 0.25) is 0 Å². The van der Waals surface area contributed by atoms with Crippen LogP contribution in [0, 0.1) is 0 Å². The molecule has 0 amide bonds. The molecule has 0 radical (unpaired) electrons. The Balaban J connectivity index is 2.15. The molecule has 15 heavy (non-hydrogen) atoms. The summed E-state index contributed by atoms with van der Waals surface area (Å²) in [7, 11) is 0. The van der Waals surface area contributed by atoms with Crippen LogP contribution in [-0.4, -0.2) is 13.1 Å². The van der Waals surface area contributed by atoms with Gasteiger partial charge in [-0.25, -0.2) is 4.39 Å². The van der Waals surface area contributed by atoms with Gasteiger partial charge in [-0.3, -0.25) is 0 Å². The Morgan fingerprint density at radius 1 is 1.33 bits per heavy atom. The van der Waals surface area contributed by atoms with Crippen LogP contribution in [0.4, 0.5) is 4.39 Å². The lowest BCUT2D eigenvalue weighted by molar-refractivity contribution is 0.193. The summed E-state index contributed by atoms with van der Waals surface area (Å²) in [5.41, 5.74) is 0.994. The number of nitrogens with one attached hydrogen (secondary N) is 1. The van der Waals surface area contributed by atoms with Crippen molar-refractivity contribution in [3.63, 3.8) is 0 Å². The van der Waals surface area contributed by atoms with E-state index in [1.54, 1.807) is 0 Å².